The predicted molar refractivity (Wildman–Crippen MR) is 70.1 cm³/mol. The maximum atomic E-state index is 13.5. The van der Waals surface area contributed by atoms with Crippen LogP contribution < -0.4 is 0 Å². The van der Waals surface area contributed by atoms with Crippen LogP contribution in [-0.4, -0.2) is 0 Å². The standard InChI is InChI=1S/C15H10ClF5/c16-12(8-10-13(17)6-3-7-14(10)18)9-4-1-2-5-11(9)15(19,20)21/h1-7,12H,8H2. The average molecular weight is 321 g/mol. The lowest BCUT2D eigenvalue weighted by Crippen LogP contribution is -2.11. The summed E-state index contributed by atoms with van der Waals surface area (Å²) in [5, 5.41) is -1.19. The molecule has 1 unspecified atom stereocenters. The Morgan fingerprint density at radius 3 is 2.05 bits per heavy atom. The highest BCUT2D eigenvalue weighted by molar-refractivity contribution is 6.21. The van der Waals surface area contributed by atoms with E-state index in [0.717, 1.165) is 18.2 Å². The van der Waals surface area contributed by atoms with Crippen LogP contribution in [0.15, 0.2) is 42.5 Å². The number of alkyl halides is 4. The van der Waals surface area contributed by atoms with Gasteiger partial charge in [-0.05, 0) is 30.2 Å². The van der Waals surface area contributed by atoms with Crippen molar-refractivity contribution in [1.29, 1.82) is 0 Å². The average Bonchev–Trinajstić information content (AvgIpc) is 2.42. The second kappa shape index (κ2) is 6.02. The summed E-state index contributed by atoms with van der Waals surface area (Å²) in [4.78, 5) is 0. The molecule has 0 aromatic heterocycles. The first-order chi connectivity index (χ1) is 9.80. The molecule has 2 rings (SSSR count). The molecule has 0 heterocycles. The van der Waals surface area contributed by atoms with Crippen molar-refractivity contribution in [3.63, 3.8) is 0 Å². The third-order valence-electron chi connectivity index (χ3n) is 3.05. The van der Waals surface area contributed by atoms with E-state index in [2.05, 4.69) is 0 Å². The molecule has 0 aliphatic carbocycles. The molecule has 0 bridgehead atoms. The minimum atomic E-state index is -4.57. The van der Waals surface area contributed by atoms with Crippen molar-refractivity contribution in [3.05, 3.63) is 70.8 Å². The molecule has 0 nitrogen and oxygen atoms in total. The van der Waals surface area contributed by atoms with Crippen molar-refractivity contribution in [1.82, 2.24) is 0 Å². The normalized spacial score (nSPS) is 13.2. The minimum absolute atomic E-state index is 0.200. The highest BCUT2D eigenvalue weighted by atomic mass is 35.5. The van der Waals surface area contributed by atoms with Gasteiger partial charge in [-0.25, -0.2) is 8.78 Å². The Kier molecular flexibility index (Phi) is 4.52. The number of benzene rings is 2. The van der Waals surface area contributed by atoms with Crippen LogP contribution >= 0.6 is 11.6 Å². The van der Waals surface area contributed by atoms with E-state index in [4.69, 9.17) is 11.6 Å². The molecule has 0 spiro atoms. The summed E-state index contributed by atoms with van der Waals surface area (Å²) in [5.74, 6) is -1.66. The van der Waals surface area contributed by atoms with Gasteiger partial charge in [0.15, 0.2) is 0 Å². The Balaban J connectivity index is 2.36. The molecule has 21 heavy (non-hydrogen) atoms. The van der Waals surface area contributed by atoms with E-state index >= 15 is 0 Å². The van der Waals surface area contributed by atoms with Crippen LogP contribution in [0.2, 0.25) is 0 Å². The molecule has 0 saturated carbocycles. The van der Waals surface area contributed by atoms with E-state index in [9.17, 15) is 22.0 Å². The molecule has 0 radical (unpaired) electrons. The van der Waals surface area contributed by atoms with Gasteiger partial charge in [0, 0.05) is 5.56 Å². The maximum absolute atomic E-state index is 13.5. The lowest BCUT2D eigenvalue weighted by Gasteiger charge is -2.17. The molecule has 0 saturated heterocycles. The molecule has 112 valence electrons. The van der Waals surface area contributed by atoms with Gasteiger partial charge in [-0.15, -0.1) is 11.6 Å². The predicted octanol–water partition coefficient (Wildman–Crippen LogP) is 5.51. The van der Waals surface area contributed by atoms with E-state index in [0.29, 0.717) is 0 Å². The minimum Gasteiger partial charge on any atom is -0.207 e. The van der Waals surface area contributed by atoms with Crippen LogP contribution in [0.25, 0.3) is 0 Å². The van der Waals surface area contributed by atoms with Gasteiger partial charge in [-0.2, -0.15) is 13.2 Å². The van der Waals surface area contributed by atoms with Crippen molar-refractivity contribution in [2.24, 2.45) is 0 Å². The lowest BCUT2D eigenvalue weighted by molar-refractivity contribution is -0.138. The second-order valence-corrected chi connectivity index (χ2v) is 4.98. The zero-order chi connectivity index (χ0) is 15.6. The van der Waals surface area contributed by atoms with Gasteiger partial charge in [0.1, 0.15) is 11.6 Å². The SMILES string of the molecule is Fc1cccc(F)c1CC(Cl)c1ccccc1C(F)(F)F. The Bertz CT molecular complexity index is 616. The van der Waals surface area contributed by atoms with Crippen molar-refractivity contribution < 1.29 is 22.0 Å². The molecule has 0 fully saturated rings. The van der Waals surface area contributed by atoms with Crippen molar-refractivity contribution in [2.45, 2.75) is 18.0 Å². The first-order valence-electron chi connectivity index (χ1n) is 6.03. The molecular formula is C15H10ClF5. The Morgan fingerprint density at radius 1 is 0.905 bits per heavy atom. The van der Waals surface area contributed by atoms with E-state index in [1.54, 1.807) is 0 Å². The Hall–Kier alpha value is -1.62. The van der Waals surface area contributed by atoms with Crippen LogP contribution in [0, 0.1) is 11.6 Å². The number of hydrogen-bond donors (Lipinski definition) is 0. The number of halogens is 6. The van der Waals surface area contributed by atoms with Crippen LogP contribution in [0.4, 0.5) is 22.0 Å². The van der Waals surface area contributed by atoms with Crippen LogP contribution in [0.5, 0.6) is 0 Å². The Labute approximate surface area is 123 Å². The Morgan fingerprint density at radius 2 is 1.48 bits per heavy atom. The third-order valence-corrected chi connectivity index (χ3v) is 3.44. The molecule has 1 atom stereocenters. The maximum Gasteiger partial charge on any atom is 0.416 e. The molecule has 0 aliphatic rings. The molecule has 2 aromatic carbocycles. The fourth-order valence-electron chi connectivity index (χ4n) is 2.04. The lowest BCUT2D eigenvalue weighted by atomic mass is 9.98. The van der Waals surface area contributed by atoms with Gasteiger partial charge in [0.25, 0.3) is 0 Å². The van der Waals surface area contributed by atoms with E-state index in [1.165, 1.54) is 24.3 Å². The molecule has 0 N–H and O–H groups in total. The zero-order valence-corrected chi connectivity index (χ0v) is 11.3. The van der Waals surface area contributed by atoms with E-state index < -0.39 is 28.8 Å². The topological polar surface area (TPSA) is 0 Å². The summed E-state index contributed by atoms with van der Waals surface area (Å²) < 4.78 is 65.8. The quantitative estimate of drug-likeness (QED) is 0.517. The van der Waals surface area contributed by atoms with Gasteiger partial charge in [0.2, 0.25) is 0 Å². The van der Waals surface area contributed by atoms with Crippen LogP contribution in [0.1, 0.15) is 22.1 Å². The highest BCUT2D eigenvalue weighted by Crippen LogP contribution is 2.38. The first kappa shape index (κ1) is 15.8. The van der Waals surface area contributed by atoms with Gasteiger partial charge >= 0.3 is 6.18 Å². The largest absolute Gasteiger partial charge is 0.416 e. The fraction of sp³-hybridized carbons (Fsp3) is 0.200. The monoisotopic (exact) mass is 320 g/mol. The van der Waals surface area contributed by atoms with E-state index in [1.807, 2.05) is 0 Å². The van der Waals surface area contributed by atoms with E-state index in [-0.39, 0.29) is 17.5 Å². The summed E-state index contributed by atoms with van der Waals surface area (Å²) in [7, 11) is 0. The zero-order valence-electron chi connectivity index (χ0n) is 10.6. The van der Waals surface area contributed by atoms with Gasteiger partial charge in [-0.3, -0.25) is 0 Å². The smallest absolute Gasteiger partial charge is 0.207 e. The molecule has 2 aromatic rings. The molecule has 0 aliphatic heterocycles. The van der Waals surface area contributed by atoms with Crippen LogP contribution in [-0.2, 0) is 12.6 Å². The number of rotatable bonds is 3. The second-order valence-electron chi connectivity index (χ2n) is 4.46. The molecule has 6 heteroatoms. The van der Waals surface area contributed by atoms with Gasteiger partial charge in [-0.1, -0.05) is 24.3 Å². The number of hydrogen-bond acceptors (Lipinski definition) is 0. The summed E-state index contributed by atoms with van der Waals surface area (Å²) in [6.45, 7) is 0. The summed E-state index contributed by atoms with van der Waals surface area (Å²) in [5.41, 5.74) is -1.43. The highest BCUT2D eigenvalue weighted by Gasteiger charge is 2.34. The molecular weight excluding hydrogens is 311 g/mol. The third kappa shape index (κ3) is 3.53. The van der Waals surface area contributed by atoms with Gasteiger partial charge < -0.3 is 0 Å². The van der Waals surface area contributed by atoms with Crippen molar-refractivity contribution >= 4 is 11.6 Å². The summed E-state index contributed by atoms with van der Waals surface area (Å²) in [6, 6.07) is 8.00. The van der Waals surface area contributed by atoms with Gasteiger partial charge in [0.05, 0.1) is 10.9 Å². The fourth-order valence-corrected chi connectivity index (χ4v) is 2.39. The molecule has 0 amide bonds. The first-order valence-corrected chi connectivity index (χ1v) is 6.47. The van der Waals surface area contributed by atoms with Crippen molar-refractivity contribution in [2.75, 3.05) is 0 Å². The summed E-state index contributed by atoms with van der Waals surface area (Å²) >= 11 is 5.96. The van der Waals surface area contributed by atoms with Crippen LogP contribution in [0.3, 0.4) is 0 Å². The van der Waals surface area contributed by atoms with Crippen molar-refractivity contribution in [3.8, 4) is 0 Å². The summed E-state index contributed by atoms with van der Waals surface area (Å²) in [6.07, 6.45) is -4.94.